The zero-order chi connectivity index (χ0) is 14.7. The quantitative estimate of drug-likeness (QED) is 0.911. The van der Waals surface area contributed by atoms with Crippen molar-refractivity contribution in [3.8, 4) is 5.75 Å². The maximum Gasteiger partial charge on any atom is 0.267 e. The Bertz CT molecular complexity index is 514. The van der Waals surface area contributed by atoms with E-state index in [-0.39, 0.29) is 24.3 Å². The average molecular weight is 276 g/mol. The maximum absolute atomic E-state index is 12.2. The fourth-order valence-electron chi connectivity index (χ4n) is 2.20. The number of anilines is 1. The van der Waals surface area contributed by atoms with Crippen molar-refractivity contribution in [2.45, 2.75) is 39.3 Å². The monoisotopic (exact) mass is 276 g/mol. The molecule has 1 aliphatic rings. The molecule has 0 spiro atoms. The number of rotatable bonds is 4. The van der Waals surface area contributed by atoms with Crippen LogP contribution in [0.4, 0.5) is 5.69 Å². The molecule has 1 unspecified atom stereocenters. The van der Waals surface area contributed by atoms with E-state index in [0.717, 1.165) is 5.69 Å². The molecule has 0 saturated heterocycles. The first kappa shape index (κ1) is 14.4. The molecule has 1 aliphatic heterocycles. The molecule has 20 heavy (non-hydrogen) atoms. The molecule has 108 valence electrons. The molecule has 0 aliphatic carbocycles. The lowest BCUT2D eigenvalue weighted by Crippen LogP contribution is -2.46. The van der Waals surface area contributed by atoms with E-state index in [1.807, 2.05) is 38.1 Å². The van der Waals surface area contributed by atoms with Gasteiger partial charge in [-0.3, -0.25) is 9.59 Å². The van der Waals surface area contributed by atoms with Crippen LogP contribution in [0.25, 0.3) is 0 Å². The van der Waals surface area contributed by atoms with Crippen LogP contribution >= 0.6 is 0 Å². The van der Waals surface area contributed by atoms with Gasteiger partial charge in [0.05, 0.1) is 5.69 Å². The topological polar surface area (TPSA) is 58.6 Å². The Morgan fingerprint density at radius 1 is 1.40 bits per heavy atom. The lowest BCUT2D eigenvalue weighted by atomic mass is 10.1. The Labute approximate surface area is 118 Å². The largest absolute Gasteiger partial charge is 0.479 e. The minimum Gasteiger partial charge on any atom is -0.479 e. The van der Waals surface area contributed by atoms with E-state index in [1.54, 1.807) is 11.8 Å². The van der Waals surface area contributed by atoms with E-state index in [9.17, 15) is 9.59 Å². The number of carbonyl (C=O) groups is 2. The predicted molar refractivity (Wildman–Crippen MR) is 76.8 cm³/mol. The van der Waals surface area contributed by atoms with Gasteiger partial charge in [0.2, 0.25) is 5.91 Å². The van der Waals surface area contributed by atoms with Gasteiger partial charge in [0.25, 0.3) is 5.91 Å². The molecule has 1 aromatic rings. The van der Waals surface area contributed by atoms with Gasteiger partial charge in [-0.15, -0.1) is 0 Å². The highest BCUT2D eigenvalue weighted by Gasteiger charge is 2.31. The summed E-state index contributed by atoms with van der Waals surface area (Å²) in [6.07, 6.45) is -0.233. The van der Waals surface area contributed by atoms with Crippen LogP contribution in [0.5, 0.6) is 5.75 Å². The second-order valence-electron chi connectivity index (χ2n) is 5.19. The van der Waals surface area contributed by atoms with Crippen molar-refractivity contribution in [1.82, 2.24) is 5.32 Å². The van der Waals surface area contributed by atoms with Crippen LogP contribution in [0.15, 0.2) is 24.3 Å². The fourth-order valence-corrected chi connectivity index (χ4v) is 2.20. The minimum atomic E-state index is -0.516. The van der Waals surface area contributed by atoms with Crippen LogP contribution in [0, 0.1) is 0 Å². The molecule has 1 aromatic carbocycles. The molecule has 2 rings (SSSR count). The summed E-state index contributed by atoms with van der Waals surface area (Å²) in [7, 11) is 0. The molecule has 0 saturated carbocycles. The van der Waals surface area contributed by atoms with E-state index in [4.69, 9.17) is 4.74 Å². The van der Waals surface area contributed by atoms with Crippen LogP contribution < -0.4 is 15.0 Å². The molecule has 2 amide bonds. The van der Waals surface area contributed by atoms with Gasteiger partial charge in [0, 0.05) is 19.0 Å². The summed E-state index contributed by atoms with van der Waals surface area (Å²) in [5.41, 5.74) is 0.730. The van der Waals surface area contributed by atoms with Crippen LogP contribution in [0.2, 0.25) is 0 Å². The Morgan fingerprint density at radius 3 is 2.80 bits per heavy atom. The maximum atomic E-state index is 12.2. The van der Waals surface area contributed by atoms with Gasteiger partial charge < -0.3 is 15.0 Å². The molecular weight excluding hydrogens is 256 g/mol. The number of nitrogens with zero attached hydrogens (tertiary/aromatic N) is 1. The molecule has 5 heteroatoms. The minimum absolute atomic E-state index is 0.0515. The molecule has 0 bridgehead atoms. The summed E-state index contributed by atoms with van der Waals surface area (Å²) in [5, 5.41) is 2.82. The van der Waals surface area contributed by atoms with Gasteiger partial charge >= 0.3 is 0 Å². The van der Waals surface area contributed by atoms with Crippen molar-refractivity contribution in [3.63, 3.8) is 0 Å². The normalized spacial score (nSPS) is 17.7. The second-order valence-corrected chi connectivity index (χ2v) is 5.19. The second kappa shape index (κ2) is 5.94. The lowest BCUT2D eigenvalue weighted by Gasteiger charge is -2.32. The number of carbonyl (C=O) groups excluding carboxylic acids is 2. The molecule has 0 fully saturated rings. The van der Waals surface area contributed by atoms with Crippen molar-refractivity contribution >= 4 is 17.5 Å². The third-order valence-electron chi connectivity index (χ3n) is 3.09. The number of hydrogen-bond donors (Lipinski definition) is 1. The molecule has 1 atom stereocenters. The smallest absolute Gasteiger partial charge is 0.267 e. The Hall–Kier alpha value is -2.04. The number of fused-ring (bicyclic) bond motifs is 1. The first-order chi connectivity index (χ1) is 9.49. The lowest BCUT2D eigenvalue weighted by molar-refractivity contribution is -0.125. The Morgan fingerprint density at radius 2 is 2.10 bits per heavy atom. The summed E-state index contributed by atoms with van der Waals surface area (Å²) in [4.78, 5) is 25.5. The standard InChI is InChI=1S/C15H20N2O3/c1-10(2)16-14(18)8-9-17-12-6-4-5-7-13(12)20-11(3)15(17)19/h4-7,10-11H,8-9H2,1-3H3,(H,16,18). The van der Waals surface area contributed by atoms with E-state index >= 15 is 0 Å². The zero-order valence-corrected chi connectivity index (χ0v) is 12.1. The number of ether oxygens (including phenoxy) is 1. The van der Waals surface area contributed by atoms with Crippen molar-refractivity contribution < 1.29 is 14.3 Å². The van der Waals surface area contributed by atoms with Crippen molar-refractivity contribution in [1.29, 1.82) is 0 Å². The van der Waals surface area contributed by atoms with E-state index < -0.39 is 6.10 Å². The van der Waals surface area contributed by atoms with Crippen LogP contribution in [0.1, 0.15) is 27.2 Å². The summed E-state index contributed by atoms with van der Waals surface area (Å²) in [6, 6.07) is 7.49. The van der Waals surface area contributed by atoms with Gasteiger partial charge in [-0.25, -0.2) is 0 Å². The number of benzene rings is 1. The molecule has 0 aromatic heterocycles. The Balaban J connectivity index is 2.10. The van der Waals surface area contributed by atoms with E-state index in [0.29, 0.717) is 12.3 Å². The number of hydrogen-bond acceptors (Lipinski definition) is 3. The zero-order valence-electron chi connectivity index (χ0n) is 12.1. The van der Waals surface area contributed by atoms with E-state index in [2.05, 4.69) is 5.32 Å². The SMILES string of the molecule is CC(C)NC(=O)CCN1C(=O)C(C)Oc2ccccc21. The molecule has 5 nitrogen and oxygen atoms in total. The van der Waals surface area contributed by atoms with Gasteiger partial charge in [-0.2, -0.15) is 0 Å². The molecular formula is C15H20N2O3. The first-order valence-corrected chi connectivity index (χ1v) is 6.85. The first-order valence-electron chi connectivity index (χ1n) is 6.85. The third-order valence-corrected chi connectivity index (χ3v) is 3.09. The number of nitrogens with one attached hydrogen (secondary N) is 1. The summed E-state index contributed by atoms with van der Waals surface area (Å²) >= 11 is 0. The molecule has 1 heterocycles. The predicted octanol–water partition coefficient (Wildman–Crippen LogP) is 1.72. The summed E-state index contributed by atoms with van der Waals surface area (Å²) in [6.45, 7) is 5.91. The van der Waals surface area contributed by atoms with Crippen molar-refractivity contribution in [3.05, 3.63) is 24.3 Å². The highest BCUT2D eigenvalue weighted by molar-refractivity contribution is 6.00. The Kier molecular flexibility index (Phi) is 4.27. The van der Waals surface area contributed by atoms with Crippen LogP contribution in [-0.2, 0) is 9.59 Å². The summed E-state index contributed by atoms with van der Waals surface area (Å²) < 4.78 is 5.55. The van der Waals surface area contributed by atoms with Gasteiger partial charge in [0.1, 0.15) is 5.75 Å². The van der Waals surface area contributed by atoms with Gasteiger partial charge in [-0.1, -0.05) is 12.1 Å². The number of para-hydroxylation sites is 2. The van der Waals surface area contributed by atoms with E-state index in [1.165, 1.54) is 0 Å². The van der Waals surface area contributed by atoms with Crippen LogP contribution in [0.3, 0.4) is 0 Å². The highest BCUT2D eigenvalue weighted by Crippen LogP contribution is 2.33. The highest BCUT2D eigenvalue weighted by atomic mass is 16.5. The van der Waals surface area contributed by atoms with Crippen LogP contribution in [-0.4, -0.2) is 30.5 Å². The number of amides is 2. The molecule has 1 N–H and O–H groups in total. The third kappa shape index (κ3) is 3.10. The van der Waals surface area contributed by atoms with Gasteiger partial charge in [-0.05, 0) is 32.9 Å². The van der Waals surface area contributed by atoms with Crippen molar-refractivity contribution in [2.75, 3.05) is 11.4 Å². The summed E-state index contributed by atoms with van der Waals surface area (Å²) in [5.74, 6) is 0.523. The fraction of sp³-hybridized carbons (Fsp3) is 0.467. The average Bonchev–Trinajstić information content (AvgIpc) is 2.38. The molecule has 0 radical (unpaired) electrons. The van der Waals surface area contributed by atoms with Gasteiger partial charge in [0.15, 0.2) is 6.10 Å². The van der Waals surface area contributed by atoms with Crippen molar-refractivity contribution in [2.24, 2.45) is 0 Å².